The van der Waals surface area contributed by atoms with Gasteiger partial charge in [0.25, 0.3) is 0 Å². The van der Waals surface area contributed by atoms with E-state index in [0.29, 0.717) is 30.8 Å². The molecule has 1 unspecified atom stereocenters. The summed E-state index contributed by atoms with van der Waals surface area (Å²) in [5, 5.41) is 6.58. The number of aromatic nitrogens is 3. The molecule has 0 bridgehead atoms. The number of imidazole rings is 1. The maximum Gasteiger partial charge on any atom is 0.191 e. The second-order valence-corrected chi connectivity index (χ2v) is 8.11. The summed E-state index contributed by atoms with van der Waals surface area (Å²) in [5.74, 6) is 2.91. The van der Waals surface area contributed by atoms with Crippen LogP contribution >= 0.6 is 0 Å². The Labute approximate surface area is 187 Å². The predicted molar refractivity (Wildman–Crippen MR) is 122 cm³/mol. The highest BCUT2D eigenvalue weighted by Crippen LogP contribution is 2.30. The molecular weight excluding hydrogens is 407 g/mol. The summed E-state index contributed by atoms with van der Waals surface area (Å²) in [6, 6.07) is 8.96. The van der Waals surface area contributed by atoms with Gasteiger partial charge in [0, 0.05) is 32.2 Å². The Bertz CT molecular complexity index is 1070. The van der Waals surface area contributed by atoms with E-state index in [1.54, 1.807) is 19.3 Å². The molecule has 2 heterocycles. The average molecular weight is 437 g/mol. The largest absolute Gasteiger partial charge is 0.490 e. The van der Waals surface area contributed by atoms with E-state index in [0.717, 1.165) is 22.8 Å². The van der Waals surface area contributed by atoms with E-state index in [-0.39, 0.29) is 11.9 Å². The fourth-order valence-electron chi connectivity index (χ4n) is 3.35. The van der Waals surface area contributed by atoms with Crippen LogP contribution in [0.2, 0.25) is 0 Å². The number of hydrogen-bond donors (Lipinski definition) is 2. The first-order chi connectivity index (χ1) is 15.5. The Morgan fingerprint density at radius 2 is 2.12 bits per heavy atom. The number of ether oxygens (including phenoxy) is 1. The molecule has 2 N–H and O–H groups in total. The molecule has 1 atom stereocenters. The molecule has 0 spiro atoms. The highest BCUT2D eigenvalue weighted by molar-refractivity contribution is 5.80. The van der Waals surface area contributed by atoms with Crippen LogP contribution in [0.5, 0.6) is 5.75 Å². The van der Waals surface area contributed by atoms with Gasteiger partial charge in [-0.1, -0.05) is 12.1 Å². The van der Waals surface area contributed by atoms with Gasteiger partial charge >= 0.3 is 0 Å². The van der Waals surface area contributed by atoms with E-state index in [9.17, 15) is 4.39 Å². The van der Waals surface area contributed by atoms with Gasteiger partial charge in [-0.3, -0.25) is 9.56 Å². The van der Waals surface area contributed by atoms with Gasteiger partial charge in [0.1, 0.15) is 11.6 Å². The Morgan fingerprint density at radius 3 is 2.75 bits per heavy atom. The zero-order valence-electron chi connectivity index (χ0n) is 18.7. The van der Waals surface area contributed by atoms with Crippen LogP contribution in [0.1, 0.15) is 42.8 Å². The third-order valence-electron chi connectivity index (χ3n) is 5.55. The Kier molecular flexibility index (Phi) is 6.68. The molecule has 1 saturated carbocycles. The third kappa shape index (κ3) is 5.43. The standard InChI is InChI=1S/C24H29FN6O/c1-16(20-7-8-22(21(25)12-20)32-15-18-4-5-18)30-24(26-3)29-14-19-6-9-23(28-13-19)31-11-10-27-17(31)2/h6-13,16,18H,4-5,14-15H2,1-3H3,(H2,26,29,30). The summed E-state index contributed by atoms with van der Waals surface area (Å²) >= 11 is 0. The summed E-state index contributed by atoms with van der Waals surface area (Å²) < 4.78 is 21.9. The van der Waals surface area contributed by atoms with Crippen LogP contribution in [-0.4, -0.2) is 34.1 Å². The van der Waals surface area contributed by atoms with Crippen molar-refractivity contribution >= 4 is 5.96 Å². The lowest BCUT2D eigenvalue weighted by atomic mass is 10.1. The summed E-state index contributed by atoms with van der Waals surface area (Å²) in [6.07, 6.45) is 7.82. The van der Waals surface area contributed by atoms with Crippen molar-refractivity contribution in [3.8, 4) is 11.6 Å². The number of nitrogens with zero attached hydrogens (tertiary/aromatic N) is 4. The molecule has 0 aliphatic heterocycles. The van der Waals surface area contributed by atoms with Gasteiger partial charge in [0.15, 0.2) is 17.5 Å². The molecular formula is C24H29FN6O. The maximum absolute atomic E-state index is 14.4. The lowest BCUT2D eigenvalue weighted by Crippen LogP contribution is -2.38. The molecule has 8 heteroatoms. The van der Waals surface area contributed by atoms with E-state index in [2.05, 4.69) is 25.6 Å². The van der Waals surface area contributed by atoms with Crippen molar-refractivity contribution in [1.82, 2.24) is 25.2 Å². The van der Waals surface area contributed by atoms with Crippen LogP contribution < -0.4 is 15.4 Å². The minimum absolute atomic E-state index is 0.127. The van der Waals surface area contributed by atoms with Crippen LogP contribution in [0.25, 0.3) is 5.82 Å². The number of benzene rings is 1. The first-order valence-corrected chi connectivity index (χ1v) is 10.9. The molecule has 168 valence electrons. The van der Waals surface area contributed by atoms with Gasteiger partial charge in [-0.25, -0.2) is 14.4 Å². The van der Waals surface area contributed by atoms with Gasteiger partial charge in [0.05, 0.1) is 12.6 Å². The molecule has 7 nitrogen and oxygen atoms in total. The normalized spacial score (nSPS) is 14.8. The van der Waals surface area contributed by atoms with Crippen LogP contribution in [-0.2, 0) is 6.54 Å². The number of aryl methyl sites for hydroxylation is 1. The number of aliphatic imine (C=N–C) groups is 1. The SMILES string of the molecule is CN=C(NCc1ccc(-n2ccnc2C)nc1)NC(C)c1ccc(OCC2CC2)c(F)c1. The van der Waals surface area contributed by atoms with Crippen molar-refractivity contribution in [3.05, 3.63) is 71.7 Å². The van der Waals surface area contributed by atoms with Gasteiger partial charge < -0.3 is 15.4 Å². The second kappa shape index (κ2) is 9.80. The minimum Gasteiger partial charge on any atom is -0.490 e. The third-order valence-corrected chi connectivity index (χ3v) is 5.55. The van der Waals surface area contributed by atoms with E-state index in [1.807, 2.05) is 49.0 Å². The quantitative estimate of drug-likeness (QED) is 0.413. The van der Waals surface area contributed by atoms with E-state index in [1.165, 1.54) is 18.9 Å². The maximum atomic E-state index is 14.4. The van der Waals surface area contributed by atoms with Crippen molar-refractivity contribution in [3.63, 3.8) is 0 Å². The summed E-state index contributed by atoms with van der Waals surface area (Å²) in [6.45, 7) is 5.06. The number of pyridine rings is 1. The molecule has 1 aliphatic rings. The zero-order valence-corrected chi connectivity index (χ0v) is 18.7. The van der Waals surface area contributed by atoms with Crippen molar-refractivity contribution in [2.45, 2.75) is 39.3 Å². The van der Waals surface area contributed by atoms with Crippen LogP contribution in [0, 0.1) is 18.7 Å². The Hall–Kier alpha value is -3.42. The number of guanidine groups is 1. The monoisotopic (exact) mass is 436 g/mol. The number of halogens is 1. The van der Waals surface area contributed by atoms with Crippen LogP contribution in [0.3, 0.4) is 0 Å². The van der Waals surface area contributed by atoms with E-state index in [4.69, 9.17) is 4.74 Å². The molecule has 2 aromatic heterocycles. The first-order valence-electron chi connectivity index (χ1n) is 10.9. The van der Waals surface area contributed by atoms with Crippen molar-refractivity contribution in [1.29, 1.82) is 0 Å². The lowest BCUT2D eigenvalue weighted by molar-refractivity contribution is 0.285. The minimum atomic E-state index is -0.334. The molecule has 3 aromatic rings. The summed E-state index contributed by atoms with van der Waals surface area (Å²) in [7, 11) is 1.71. The van der Waals surface area contributed by atoms with Crippen molar-refractivity contribution in [2.75, 3.05) is 13.7 Å². The highest BCUT2D eigenvalue weighted by atomic mass is 19.1. The number of nitrogens with one attached hydrogen (secondary N) is 2. The molecule has 4 rings (SSSR count). The average Bonchev–Trinajstić information content (AvgIpc) is 3.54. The predicted octanol–water partition coefficient (Wildman–Crippen LogP) is 3.93. The number of rotatable bonds is 8. The van der Waals surface area contributed by atoms with Gasteiger partial charge in [0.2, 0.25) is 0 Å². The molecule has 32 heavy (non-hydrogen) atoms. The highest BCUT2D eigenvalue weighted by Gasteiger charge is 2.22. The fourth-order valence-corrected chi connectivity index (χ4v) is 3.35. The van der Waals surface area contributed by atoms with E-state index >= 15 is 0 Å². The molecule has 1 aliphatic carbocycles. The smallest absolute Gasteiger partial charge is 0.191 e. The number of hydrogen-bond acceptors (Lipinski definition) is 4. The summed E-state index contributed by atoms with van der Waals surface area (Å²) in [4.78, 5) is 13.0. The van der Waals surface area contributed by atoms with Crippen LogP contribution in [0.15, 0.2) is 53.9 Å². The fraction of sp³-hybridized carbons (Fsp3) is 0.375. The van der Waals surface area contributed by atoms with Gasteiger partial charge in [-0.15, -0.1) is 0 Å². The van der Waals surface area contributed by atoms with Gasteiger partial charge in [-0.05, 0) is 61.9 Å². The first kappa shape index (κ1) is 21.8. The topological polar surface area (TPSA) is 76.4 Å². The molecule has 0 amide bonds. The van der Waals surface area contributed by atoms with Crippen molar-refractivity contribution < 1.29 is 9.13 Å². The summed E-state index contributed by atoms with van der Waals surface area (Å²) in [5.41, 5.74) is 1.84. The van der Waals surface area contributed by atoms with Crippen LogP contribution in [0.4, 0.5) is 4.39 Å². The lowest BCUT2D eigenvalue weighted by Gasteiger charge is -2.19. The van der Waals surface area contributed by atoms with Crippen molar-refractivity contribution in [2.24, 2.45) is 10.9 Å². The zero-order chi connectivity index (χ0) is 22.5. The molecule has 1 fully saturated rings. The molecule has 0 radical (unpaired) electrons. The van der Waals surface area contributed by atoms with Gasteiger partial charge in [-0.2, -0.15) is 0 Å². The molecule has 0 saturated heterocycles. The Morgan fingerprint density at radius 1 is 1.28 bits per heavy atom. The molecule has 1 aromatic carbocycles. The van der Waals surface area contributed by atoms with E-state index < -0.39 is 0 Å². The second-order valence-electron chi connectivity index (χ2n) is 8.11. The Balaban J connectivity index is 1.31.